The summed E-state index contributed by atoms with van der Waals surface area (Å²) < 4.78 is 5.87. The first-order valence-corrected chi connectivity index (χ1v) is 6.60. The Morgan fingerprint density at radius 3 is 2.59 bits per heavy atom. The molecule has 0 heterocycles. The Balaban J connectivity index is 2.34. The van der Waals surface area contributed by atoms with Gasteiger partial charge in [0.25, 0.3) is 0 Å². The molecule has 0 spiro atoms. The van der Waals surface area contributed by atoms with Crippen LogP contribution in [-0.4, -0.2) is 6.26 Å². The predicted molar refractivity (Wildman–Crippen MR) is 73.9 cm³/mol. The number of para-hydroxylation sites is 1. The van der Waals surface area contributed by atoms with Crippen molar-refractivity contribution in [1.29, 1.82) is 0 Å². The minimum Gasteiger partial charge on any atom is -0.454 e. The first-order valence-electron chi connectivity index (χ1n) is 5.37. The molecule has 0 amide bonds. The van der Waals surface area contributed by atoms with Crippen molar-refractivity contribution in [1.82, 2.24) is 0 Å². The van der Waals surface area contributed by atoms with Crippen molar-refractivity contribution in [2.24, 2.45) is 0 Å². The van der Waals surface area contributed by atoms with Crippen LogP contribution >= 0.6 is 11.8 Å². The van der Waals surface area contributed by atoms with Crippen LogP contribution in [0.4, 0.5) is 5.69 Å². The molecule has 17 heavy (non-hydrogen) atoms. The Bertz CT molecular complexity index is 525. The Morgan fingerprint density at radius 2 is 1.82 bits per heavy atom. The molecule has 0 saturated carbocycles. The van der Waals surface area contributed by atoms with Crippen LogP contribution in [0.5, 0.6) is 11.5 Å². The third-order valence-electron chi connectivity index (χ3n) is 2.46. The Kier molecular flexibility index (Phi) is 3.59. The summed E-state index contributed by atoms with van der Waals surface area (Å²) in [5.74, 6) is 1.56. The molecular formula is C14H15NOS. The minimum absolute atomic E-state index is 0.659. The highest BCUT2D eigenvalue weighted by molar-refractivity contribution is 7.98. The summed E-state index contributed by atoms with van der Waals surface area (Å²) >= 11 is 1.66. The monoisotopic (exact) mass is 245 g/mol. The van der Waals surface area contributed by atoms with Crippen molar-refractivity contribution in [2.45, 2.75) is 11.8 Å². The maximum absolute atomic E-state index is 5.90. The largest absolute Gasteiger partial charge is 0.454 e. The molecule has 2 N–H and O–H groups in total. The maximum Gasteiger partial charge on any atom is 0.150 e. The van der Waals surface area contributed by atoms with Gasteiger partial charge >= 0.3 is 0 Å². The molecule has 2 nitrogen and oxygen atoms in total. The molecule has 0 atom stereocenters. The second-order valence-corrected chi connectivity index (χ2v) is 4.64. The van der Waals surface area contributed by atoms with E-state index in [1.54, 1.807) is 11.8 Å². The maximum atomic E-state index is 5.90. The molecule has 2 aromatic carbocycles. The molecule has 0 aliphatic rings. The van der Waals surface area contributed by atoms with E-state index in [4.69, 9.17) is 10.5 Å². The van der Waals surface area contributed by atoms with E-state index in [9.17, 15) is 0 Å². The summed E-state index contributed by atoms with van der Waals surface area (Å²) in [4.78, 5) is 1.11. The Morgan fingerprint density at radius 1 is 1.06 bits per heavy atom. The van der Waals surface area contributed by atoms with Gasteiger partial charge in [-0.25, -0.2) is 0 Å². The van der Waals surface area contributed by atoms with E-state index in [0.717, 1.165) is 16.2 Å². The van der Waals surface area contributed by atoms with Crippen LogP contribution in [0, 0.1) is 6.92 Å². The number of hydrogen-bond acceptors (Lipinski definition) is 3. The predicted octanol–water partition coefficient (Wildman–Crippen LogP) is 4.09. The number of benzene rings is 2. The smallest absolute Gasteiger partial charge is 0.150 e. The molecule has 0 fully saturated rings. The molecule has 2 aromatic rings. The highest BCUT2D eigenvalue weighted by atomic mass is 32.2. The first-order chi connectivity index (χ1) is 8.20. The van der Waals surface area contributed by atoms with Crippen LogP contribution in [0.1, 0.15) is 5.56 Å². The van der Waals surface area contributed by atoms with Crippen molar-refractivity contribution in [3.63, 3.8) is 0 Å². The van der Waals surface area contributed by atoms with E-state index >= 15 is 0 Å². The molecule has 0 unspecified atom stereocenters. The zero-order valence-electron chi connectivity index (χ0n) is 9.94. The number of nitrogen functional groups attached to an aromatic ring is 1. The Hall–Kier alpha value is -1.61. The van der Waals surface area contributed by atoms with Crippen LogP contribution in [0.15, 0.2) is 47.4 Å². The highest BCUT2D eigenvalue weighted by Crippen LogP contribution is 2.34. The molecular weight excluding hydrogens is 230 g/mol. The number of ether oxygens (including phenoxy) is 1. The standard InChI is InChI=1S/C14H15NOS/c1-10-7-8-11(15)13(9-10)16-12-5-3-4-6-14(12)17-2/h3-9H,15H2,1-2H3. The summed E-state index contributed by atoms with van der Waals surface area (Å²) in [6.07, 6.45) is 2.03. The second-order valence-electron chi connectivity index (χ2n) is 3.79. The fraction of sp³-hybridized carbons (Fsp3) is 0.143. The van der Waals surface area contributed by atoms with Gasteiger partial charge in [0.15, 0.2) is 5.75 Å². The zero-order chi connectivity index (χ0) is 12.3. The molecule has 0 radical (unpaired) electrons. The molecule has 0 aromatic heterocycles. The lowest BCUT2D eigenvalue weighted by Crippen LogP contribution is -1.93. The average molecular weight is 245 g/mol. The van der Waals surface area contributed by atoms with Gasteiger partial charge in [-0.15, -0.1) is 11.8 Å². The van der Waals surface area contributed by atoms with E-state index in [1.165, 1.54) is 0 Å². The molecule has 0 aliphatic heterocycles. The molecule has 0 aliphatic carbocycles. The van der Waals surface area contributed by atoms with Crippen molar-refractivity contribution in [3.8, 4) is 11.5 Å². The molecule has 0 saturated heterocycles. The van der Waals surface area contributed by atoms with Crippen molar-refractivity contribution < 1.29 is 4.74 Å². The lowest BCUT2D eigenvalue weighted by molar-refractivity contribution is 0.473. The summed E-state index contributed by atoms with van der Waals surface area (Å²) in [7, 11) is 0. The first kappa shape index (κ1) is 11.9. The normalized spacial score (nSPS) is 10.2. The van der Waals surface area contributed by atoms with Gasteiger partial charge in [-0.1, -0.05) is 18.2 Å². The van der Waals surface area contributed by atoms with Gasteiger partial charge in [0.1, 0.15) is 5.75 Å². The number of nitrogens with two attached hydrogens (primary N) is 1. The number of rotatable bonds is 3. The SMILES string of the molecule is CSc1ccccc1Oc1cc(C)ccc1N. The molecule has 2 rings (SSSR count). The van der Waals surface area contributed by atoms with Crippen molar-refractivity contribution >= 4 is 17.4 Å². The van der Waals surface area contributed by atoms with E-state index < -0.39 is 0 Å². The van der Waals surface area contributed by atoms with Gasteiger partial charge in [0.2, 0.25) is 0 Å². The van der Waals surface area contributed by atoms with Crippen LogP contribution in [-0.2, 0) is 0 Å². The number of anilines is 1. The van der Waals surface area contributed by atoms with E-state index in [2.05, 4.69) is 0 Å². The number of thioether (sulfide) groups is 1. The second kappa shape index (κ2) is 5.15. The van der Waals surface area contributed by atoms with Gasteiger partial charge in [-0.2, -0.15) is 0 Å². The van der Waals surface area contributed by atoms with Crippen molar-refractivity contribution in [3.05, 3.63) is 48.0 Å². The van der Waals surface area contributed by atoms with Crippen LogP contribution in [0.2, 0.25) is 0 Å². The fourth-order valence-corrected chi connectivity index (χ4v) is 2.08. The number of aryl methyl sites for hydroxylation is 1. The quantitative estimate of drug-likeness (QED) is 0.653. The van der Waals surface area contributed by atoms with Gasteiger partial charge in [0.05, 0.1) is 5.69 Å². The van der Waals surface area contributed by atoms with Crippen LogP contribution < -0.4 is 10.5 Å². The topological polar surface area (TPSA) is 35.2 Å². The lowest BCUT2D eigenvalue weighted by atomic mass is 10.2. The van der Waals surface area contributed by atoms with Crippen LogP contribution in [0.25, 0.3) is 0 Å². The van der Waals surface area contributed by atoms with E-state index in [0.29, 0.717) is 11.4 Å². The lowest BCUT2D eigenvalue weighted by Gasteiger charge is -2.11. The fourth-order valence-electron chi connectivity index (χ4n) is 1.55. The summed E-state index contributed by atoms with van der Waals surface area (Å²) in [5.41, 5.74) is 7.69. The summed E-state index contributed by atoms with van der Waals surface area (Å²) in [5, 5.41) is 0. The van der Waals surface area contributed by atoms with Gasteiger partial charge in [0, 0.05) is 4.90 Å². The molecule has 3 heteroatoms. The zero-order valence-corrected chi connectivity index (χ0v) is 10.8. The van der Waals surface area contributed by atoms with Crippen molar-refractivity contribution in [2.75, 3.05) is 12.0 Å². The minimum atomic E-state index is 0.659. The molecule has 88 valence electrons. The van der Waals surface area contributed by atoms with E-state index in [-0.39, 0.29) is 0 Å². The van der Waals surface area contributed by atoms with Crippen LogP contribution in [0.3, 0.4) is 0 Å². The Labute approximate surface area is 106 Å². The number of hydrogen-bond donors (Lipinski definition) is 1. The third-order valence-corrected chi connectivity index (χ3v) is 3.24. The van der Waals surface area contributed by atoms with Gasteiger partial charge in [-0.3, -0.25) is 0 Å². The summed E-state index contributed by atoms with van der Waals surface area (Å²) in [6, 6.07) is 13.7. The van der Waals surface area contributed by atoms with Gasteiger partial charge < -0.3 is 10.5 Å². The average Bonchev–Trinajstić information content (AvgIpc) is 2.34. The van der Waals surface area contributed by atoms with Gasteiger partial charge in [-0.05, 0) is 43.0 Å². The van der Waals surface area contributed by atoms with E-state index in [1.807, 2.05) is 55.6 Å². The highest BCUT2D eigenvalue weighted by Gasteiger charge is 2.06. The summed E-state index contributed by atoms with van der Waals surface area (Å²) in [6.45, 7) is 2.02. The third kappa shape index (κ3) is 2.74. The molecule has 0 bridgehead atoms.